The Bertz CT molecular complexity index is 403. The lowest BCUT2D eigenvalue weighted by molar-refractivity contribution is 0.0336. The number of rotatable bonds is 3. The summed E-state index contributed by atoms with van der Waals surface area (Å²) in [5, 5.41) is 20.8. The summed E-state index contributed by atoms with van der Waals surface area (Å²) in [7, 11) is 0. The molecule has 0 amide bonds. The summed E-state index contributed by atoms with van der Waals surface area (Å²) in [5.74, 6) is 0.00790. The standard InChI is InChI=1S/C11H15N3O3/c15-11-2-1-9(13-10(11)7-12-16)8-14-3-5-17-6-4-14/h1-2,7,15-16H,3-6,8H2/b12-7+. The molecule has 0 bridgehead atoms. The van der Waals surface area contributed by atoms with Gasteiger partial charge < -0.3 is 15.1 Å². The minimum absolute atomic E-state index is 0.00790. The average Bonchev–Trinajstić information content (AvgIpc) is 2.35. The summed E-state index contributed by atoms with van der Waals surface area (Å²) in [6, 6.07) is 3.32. The molecule has 6 heteroatoms. The number of aromatic hydroxyl groups is 1. The number of pyridine rings is 1. The van der Waals surface area contributed by atoms with E-state index in [1.165, 1.54) is 0 Å². The van der Waals surface area contributed by atoms with E-state index in [9.17, 15) is 5.11 Å². The van der Waals surface area contributed by atoms with Crippen molar-refractivity contribution in [1.82, 2.24) is 9.88 Å². The largest absolute Gasteiger partial charge is 0.506 e. The number of oxime groups is 1. The van der Waals surface area contributed by atoms with Gasteiger partial charge in [-0.25, -0.2) is 4.98 Å². The van der Waals surface area contributed by atoms with Crippen molar-refractivity contribution in [3.05, 3.63) is 23.5 Å². The van der Waals surface area contributed by atoms with Gasteiger partial charge in [0.15, 0.2) is 0 Å². The lowest BCUT2D eigenvalue weighted by atomic mass is 10.2. The Hall–Kier alpha value is -1.66. The van der Waals surface area contributed by atoms with Crippen molar-refractivity contribution in [2.45, 2.75) is 6.54 Å². The van der Waals surface area contributed by atoms with Gasteiger partial charge >= 0.3 is 0 Å². The maximum Gasteiger partial charge on any atom is 0.142 e. The van der Waals surface area contributed by atoms with Crippen molar-refractivity contribution in [3.63, 3.8) is 0 Å². The third-order valence-electron chi connectivity index (χ3n) is 2.63. The van der Waals surface area contributed by atoms with Gasteiger partial charge in [-0.1, -0.05) is 5.16 Å². The Kier molecular flexibility index (Phi) is 3.89. The predicted octanol–water partition coefficient (Wildman–Crippen LogP) is 0.427. The maximum absolute atomic E-state index is 9.47. The van der Waals surface area contributed by atoms with Gasteiger partial charge in [-0.2, -0.15) is 0 Å². The highest BCUT2D eigenvalue weighted by atomic mass is 16.5. The van der Waals surface area contributed by atoms with Gasteiger partial charge in [0, 0.05) is 19.6 Å². The predicted molar refractivity (Wildman–Crippen MR) is 61.4 cm³/mol. The van der Waals surface area contributed by atoms with E-state index >= 15 is 0 Å². The van der Waals surface area contributed by atoms with E-state index in [-0.39, 0.29) is 11.4 Å². The SMILES string of the molecule is O/N=C/c1nc(CN2CCOCC2)ccc1O. The molecule has 2 heterocycles. The Morgan fingerprint density at radius 3 is 2.88 bits per heavy atom. The fourth-order valence-corrected chi connectivity index (χ4v) is 1.74. The van der Waals surface area contributed by atoms with Crippen LogP contribution in [0.4, 0.5) is 0 Å². The van der Waals surface area contributed by atoms with Crippen LogP contribution < -0.4 is 0 Å². The van der Waals surface area contributed by atoms with E-state index in [4.69, 9.17) is 9.94 Å². The summed E-state index contributed by atoms with van der Waals surface area (Å²) in [6.45, 7) is 3.94. The summed E-state index contributed by atoms with van der Waals surface area (Å²) in [4.78, 5) is 6.44. The number of aromatic nitrogens is 1. The van der Waals surface area contributed by atoms with Crippen LogP contribution in [0, 0.1) is 0 Å². The van der Waals surface area contributed by atoms with Crippen molar-refractivity contribution in [1.29, 1.82) is 0 Å². The fraction of sp³-hybridized carbons (Fsp3) is 0.455. The van der Waals surface area contributed by atoms with Crippen LogP contribution in [-0.2, 0) is 11.3 Å². The molecule has 1 aliphatic rings. The molecule has 0 saturated carbocycles. The summed E-state index contributed by atoms with van der Waals surface area (Å²) >= 11 is 0. The molecule has 2 rings (SSSR count). The van der Waals surface area contributed by atoms with Crippen molar-refractivity contribution < 1.29 is 15.1 Å². The zero-order chi connectivity index (χ0) is 12.1. The van der Waals surface area contributed by atoms with Gasteiger partial charge in [-0.15, -0.1) is 0 Å². The molecule has 2 N–H and O–H groups in total. The van der Waals surface area contributed by atoms with Gasteiger partial charge in [-0.05, 0) is 12.1 Å². The van der Waals surface area contributed by atoms with Crippen molar-refractivity contribution in [2.24, 2.45) is 5.16 Å². The lowest BCUT2D eigenvalue weighted by Gasteiger charge is -2.26. The second-order valence-electron chi connectivity index (χ2n) is 3.84. The first-order chi connectivity index (χ1) is 8.29. The zero-order valence-corrected chi connectivity index (χ0v) is 9.41. The smallest absolute Gasteiger partial charge is 0.142 e. The molecule has 0 atom stereocenters. The maximum atomic E-state index is 9.47. The fourth-order valence-electron chi connectivity index (χ4n) is 1.74. The minimum Gasteiger partial charge on any atom is -0.506 e. The first-order valence-corrected chi connectivity index (χ1v) is 5.46. The van der Waals surface area contributed by atoms with Crippen molar-refractivity contribution in [2.75, 3.05) is 26.3 Å². The van der Waals surface area contributed by atoms with E-state index in [2.05, 4.69) is 15.0 Å². The van der Waals surface area contributed by atoms with E-state index < -0.39 is 0 Å². The molecule has 1 aliphatic heterocycles. The van der Waals surface area contributed by atoms with Crippen LogP contribution in [0.2, 0.25) is 0 Å². The van der Waals surface area contributed by atoms with Gasteiger partial charge in [0.05, 0.1) is 25.1 Å². The molecule has 0 unspecified atom stereocenters. The molecule has 0 radical (unpaired) electrons. The first kappa shape index (κ1) is 11.8. The van der Waals surface area contributed by atoms with Crippen LogP contribution in [0.25, 0.3) is 0 Å². The third-order valence-corrected chi connectivity index (χ3v) is 2.63. The second kappa shape index (κ2) is 5.60. The van der Waals surface area contributed by atoms with Crippen LogP contribution in [-0.4, -0.2) is 52.7 Å². The van der Waals surface area contributed by atoms with Crippen molar-refractivity contribution in [3.8, 4) is 5.75 Å². The molecular formula is C11H15N3O3. The molecule has 1 aromatic rings. The molecule has 17 heavy (non-hydrogen) atoms. The number of hydrogen-bond acceptors (Lipinski definition) is 6. The molecular weight excluding hydrogens is 222 g/mol. The van der Waals surface area contributed by atoms with Gasteiger partial charge in [0.25, 0.3) is 0 Å². The molecule has 0 aromatic carbocycles. The van der Waals surface area contributed by atoms with Gasteiger partial charge in [0.2, 0.25) is 0 Å². The topological polar surface area (TPSA) is 78.2 Å². The third kappa shape index (κ3) is 3.15. The lowest BCUT2D eigenvalue weighted by Crippen LogP contribution is -2.35. The Balaban J connectivity index is 2.07. The van der Waals surface area contributed by atoms with Gasteiger partial charge in [0.1, 0.15) is 11.4 Å². The molecule has 0 aliphatic carbocycles. The molecule has 6 nitrogen and oxygen atoms in total. The number of nitrogens with zero attached hydrogens (tertiary/aromatic N) is 3. The Morgan fingerprint density at radius 2 is 2.18 bits per heavy atom. The summed E-state index contributed by atoms with van der Waals surface area (Å²) in [6.07, 6.45) is 1.12. The quantitative estimate of drug-likeness (QED) is 0.453. The molecule has 1 saturated heterocycles. The highest BCUT2D eigenvalue weighted by molar-refractivity contribution is 5.80. The van der Waals surface area contributed by atoms with E-state index in [1.807, 2.05) is 0 Å². The highest BCUT2D eigenvalue weighted by Crippen LogP contribution is 2.14. The first-order valence-electron chi connectivity index (χ1n) is 5.46. The Labute approximate surface area is 99.1 Å². The highest BCUT2D eigenvalue weighted by Gasteiger charge is 2.12. The van der Waals surface area contributed by atoms with Crippen LogP contribution in [0.15, 0.2) is 17.3 Å². The summed E-state index contributed by atoms with van der Waals surface area (Å²) in [5.41, 5.74) is 1.11. The van der Waals surface area contributed by atoms with E-state index in [1.54, 1.807) is 12.1 Å². The van der Waals surface area contributed by atoms with Crippen LogP contribution >= 0.6 is 0 Å². The molecule has 0 spiro atoms. The van der Waals surface area contributed by atoms with Crippen LogP contribution in [0.3, 0.4) is 0 Å². The molecule has 1 aromatic heterocycles. The minimum atomic E-state index is 0.00790. The normalized spacial score (nSPS) is 17.6. The van der Waals surface area contributed by atoms with Crippen LogP contribution in [0.5, 0.6) is 5.75 Å². The average molecular weight is 237 g/mol. The molecule has 1 fully saturated rings. The van der Waals surface area contributed by atoms with E-state index in [0.717, 1.165) is 38.2 Å². The van der Waals surface area contributed by atoms with Gasteiger partial charge in [-0.3, -0.25) is 4.90 Å². The van der Waals surface area contributed by atoms with Crippen molar-refractivity contribution >= 4 is 6.21 Å². The monoisotopic (exact) mass is 237 g/mol. The second-order valence-corrected chi connectivity index (χ2v) is 3.84. The Morgan fingerprint density at radius 1 is 1.41 bits per heavy atom. The number of morpholine rings is 1. The van der Waals surface area contributed by atoms with E-state index in [0.29, 0.717) is 6.54 Å². The van der Waals surface area contributed by atoms with Crippen LogP contribution in [0.1, 0.15) is 11.4 Å². The number of hydrogen-bond donors (Lipinski definition) is 2. The zero-order valence-electron chi connectivity index (χ0n) is 9.41. The molecule has 92 valence electrons. The number of ether oxygens (including phenoxy) is 1. The summed E-state index contributed by atoms with van der Waals surface area (Å²) < 4.78 is 5.26.